The molecule has 34 heavy (non-hydrogen) atoms. The van der Waals surface area contributed by atoms with Crippen LogP contribution in [0.5, 0.6) is 0 Å². The summed E-state index contributed by atoms with van der Waals surface area (Å²) >= 11 is 0. The van der Waals surface area contributed by atoms with Crippen molar-refractivity contribution >= 4 is 17.8 Å². The number of carbonyl (C=O) groups excluding carboxylic acids is 3. The molecule has 2 amide bonds. The zero-order valence-electron chi connectivity index (χ0n) is 20.8. The molecule has 1 atom stereocenters. The molecule has 8 nitrogen and oxygen atoms in total. The van der Waals surface area contributed by atoms with E-state index in [4.69, 9.17) is 4.74 Å². The Labute approximate surface area is 201 Å². The van der Waals surface area contributed by atoms with Gasteiger partial charge in [0.1, 0.15) is 17.1 Å². The predicted molar refractivity (Wildman–Crippen MR) is 129 cm³/mol. The van der Waals surface area contributed by atoms with Crippen molar-refractivity contribution in [1.29, 1.82) is 0 Å². The van der Waals surface area contributed by atoms with Gasteiger partial charge in [0.25, 0.3) is 11.8 Å². The van der Waals surface area contributed by atoms with Gasteiger partial charge in [-0.2, -0.15) is 0 Å². The van der Waals surface area contributed by atoms with E-state index in [-0.39, 0.29) is 35.7 Å². The van der Waals surface area contributed by atoms with Crippen LogP contribution in [0, 0.1) is 13.8 Å². The van der Waals surface area contributed by atoms with Gasteiger partial charge in [0, 0.05) is 31.2 Å². The number of aromatic nitrogens is 2. The summed E-state index contributed by atoms with van der Waals surface area (Å²) in [5, 5.41) is 0. The van der Waals surface area contributed by atoms with Crippen molar-refractivity contribution in [2.75, 3.05) is 26.2 Å². The third-order valence-corrected chi connectivity index (χ3v) is 6.08. The fraction of sp³-hybridized carbons (Fsp3) is 0.500. The quantitative estimate of drug-likeness (QED) is 0.579. The summed E-state index contributed by atoms with van der Waals surface area (Å²) in [5.41, 5.74) is 2.46. The Morgan fingerprint density at radius 3 is 2.35 bits per heavy atom. The Morgan fingerprint density at radius 2 is 1.74 bits per heavy atom. The zero-order valence-corrected chi connectivity index (χ0v) is 20.8. The topological polar surface area (TPSA) is 92.7 Å². The molecule has 3 rings (SSSR count). The fourth-order valence-electron chi connectivity index (χ4n) is 4.27. The number of nitrogens with zero attached hydrogens (tertiary/aromatic N) is 4. The van der Waals surface area contributed by atoms with Crippen molar-refractivity contribution in [3.8, 4) is 0 Å². The summed E-state index contributed by atoms with van der Waals surface area (Å²) in [6, 6.07) is 7.62. The molecular weight excluding hydrogens is 432 g/mol. The van der Waals surface area contributed by atoms with E-state index in [1.807, 2.05) is 31.2 Å². The van der Waals surface area contributed by atoms with Crippen LogP contribution in [0.1, 0.15) is 81.9 Å². The van der Waals surface area contributed by atoms with Crippen LogP contribution in [0.2, 0.25) is 0 Å². The highest BCUT2D eigenvalue weighted by Crippen LogP contribution is 2.20. The molecular formula is C26H34N4O4. The van der Waals surface area contributed by atoms with Gasteiger partial charge in [0.05, 0.1) is 12.3 Å². The van der Waals surface area contributed by atoms with Crippen molar-refractivity contribution in [3.05, 3.63) is 58.2 Å². The molecule has 0 radical (unpaired) electrons. The number of ether oxygens (including phenoxy) is 1. The van der Waals surface area contributed by atoms with Crippen LogP contribution in [-0.4, -0.2) is 69.8 Å². The normalized spacial score (nSPS) is 15.9. The molecule has 2 heterocycles. The molecule has 2 aromatic rings. The highest BCUT2D eigenvalue weighted by Gasteiger charge is 2.33. The number of benzene rings is 1. The molecule has 0 N–H and O–H groups in total. The standard InChI is InChI=1S/C26H34N4O4/c1-6-8-9-20-10-12-21(13-11-20)24(31)30-15-14-29(16-17(30)3)25(32)23-22(26(33)34-7-2)18(4)27-19(5)28-23/h10-13,17H,6-9,14-16H2,1-5H3. The predicted octanol–water partition coefficient (Wildman–Crippen LogP) is 3.60. The smallest absolute Gasteiger partial charge is 0.342 e. The maximum Gasteiger partial charge on any atom is 0.342 e. The van der Waals surface area contributed by atoms with Gasteiger partial charge in [0.2, 0.25) is 0 Å². The van der Waals surface area contributed by atoms with Crippen LogP contribution < -0.4 is 0 Å². The summed E-state index contributed by atoms with van der Waals surface area (Å²) in [4.78, 5) is 51.0. The Kier molecular flexibility index (Phi) is 8.36. The molecule has 1 fully saturated rings. The van der Waals surface area contributed by atoms with E-state index < -0.39 is 5.97 Å². The minimum absolute atomic E-state index is 0.0393. The van der Waals surface area contributed by atoms with E-state index in [1.165, 1.54) is 5.56 Å². The fourth-order valence-corrected chi connectivity index (χ4v) is 4.27. The summed E-state index contributed by atoms with van der Waals surface area (Å²) in [6.45, 7) is 10.5. The number of rotatable bonds is 7. The Bertz CT molecular complexity index is 1050. The van der Waals surface area contributed by atoms with Crippen molar-refractivity contribution in [3.63, 3.8) is 0 Å². The molecule has 182 valence electrons. The summed E-state index contributed by atoms with van der Waals surface area (Å²) < 4.78 is 5.13. The number of aryl methyl sites for hydroxylation is 3. The Hall–Kier alpha value is -3.29. The molecule has 1 saturated heterocycles. The average molecular weight is 467 g/mol. The summed E-state index contributed by atoms with van der Waals surface area (Å²) in [5.74, 6) is -0.579. The number of unbranched alkanes of at least 4 members (excludes halogenated alkanes) is 1. The number of piperazine rings is 1. The van der Waals surface area contributed by atoms with E-state index in [2.05, 4.69) is 16.9 Å². The van der Waals surface area contributed by atoms with Crippen molar-refractivity contribution < 1.29 is 19.1 Å². The monoisotopic (exact) mass is 466 g/mol. The van der Waals surface area contributed by atoms with Crippen LogP contribution in [0.4, 0.5) is 0 Å². The second-order valence-electron chi connectivity index (χ2n) is 8.70. The highest BCUT2D eigenvalue weighted by atomic mass is 16.5. The molecule has 1 aromatic carbocycles. The lowest BCUT2D eigenvalue weighted by Crippen LogP contribution is -2.55. The van der Waals surface area contributed by atoms with Gasteiger partial charge in [0.15, 0.2) is 0 Å². The minimum Gasteiger partial charge on any atom is -0.462 e. The summed E-state index contributed by atoms with van der Waals surface area (Å²) in [6.07, 6.45) is 3.28. The Morgan fingerprint density at radius 1 is 1.03 bits per heavy atom. The van der Waals surface area contributed by atoms with E-state index in [9.17, 15) is 14.4 Å². The lowest BCUT2D eigenvalue weighted by atomic mass is 10.0. The third kappa shape index (κ3) is 5.61. The van der Waals surface area contributed by atoms with Gasteiger partial charge in [-0.3, -0.25) is 9.59 Å². The van der Waals surface area contributed by atoms with Gasteiger partial charge < -0.3 is 14.5 Å². The molecule has 0 spiro atoms. The second kappa shape index (κ2) is 11.2. The largest absolute Gasteiger partial charge is 0.462 e. The second-order valence-corrected chi connectivity index (χ2v) is 8.70. The third-order valence-electron chi connectivity index (χ3n) is 6.08. The number of carbonyl (C=O) groups is 3. The first-order chi connectivity index (χ1) is 16.3. The molecule has 1 aliphatic heterocycles. The molecule has 1 unspecified atom stereocenters. The first kappa shape index (κ1) is 25.3. The number of hydrogen-bond donors (Lipinski definition) is 0. The maximum absolute atomic E-state index is 13.4. The first-order valence-electron chi connectivity index (χ1n) is 12.0. The molecule has 0 saturated carbocycles. The van der Waals surface area contributed by atoms with E-state index in [0.29, 0.717) is 36.7 Å². The lowest BCUT2D eigenvalue weighted by Gasteiger charge is -2.40. The van der Waals surface area contributed by atoms with Gasteiger partial charge >= 0.3 is 5.97 Å². The van der Waals surface area contributed by atoms with Crippen LogP contribution in [0.25, 0.3) is 0 Å². The highest BCUT2D eigenvalue weighted by molar-refractivity contribution is 6.04. The molecule has 1 aliphatic rings. The number of esters is 1. The molecule has 0 aliphatic carbocycles. The SMILES string of the molecule is CCCCc1ccc(C(=O)N2CCN(C(=O)c3nc(C)nc(C)c3C(=O)OCC)CC2C)cc1. The lowest BCUT2D eigenvalue weighted by molar-refractivity contribution is 0.0406. The van der Waals surface area contributed by atoms with Crippen molar-refractivity contribution in [2.45, 2.75) is 59.9 Å². The van der Waals surface area contributed by atoms with Gasteiger partial charge in [-0.1, -0.05) is 25.5 Å². The van der Waals surface area contributed by atoms with Crippen molar-refractivity contribution in [2.24, 2.45) is 0 Å². The Balaban J connectivity index is 1.74. The van der Waals surface area contributed by atoms with Gasteiger partial charge in [-0.25, -0.2) is 14.8 Å². The number of amides is 2. The molecule has 1 aromatic heterocycles. The number of hydrogen-bond acceptors (Lipinski definition) is 6. The van der Waals surface area contributed by atoms with Crippen LogP contribution in [-0.2, 0) is 11.2 Å². The van der Waals surface area contributed by atoms with Crippen LogP contribution >= 0.6 is 0 Å². The van der Waals surface area contributed by atoms with Crippen LogP contribution in [0.3, 0.4) is 0 Å². The van der Waals surface area contributed by atoms with E-state index in [1.54, 1.807) is 30.6 Å². The van der Waals surface area contributed by atoms with E-state index in [0.717, 1.165) is 19.3 Å². The van der Waals surface area contributed by atoms with E-state index >= 15 is 0 Å². The van der Waals surface area contributed by atoms with Gasteiger partial charge in [-0.05, 0) is 58.2 Å². The maximum atomic E-state index is 13.4. The van der Waals surface area contributed by atoms with Gasteiger partial charge in [-0.15, -0.1) is 0 Å². The zero-order chi connectivity index (χ0) is 24.8. The average Bonchev–Trinajstić information content (AvgIpc) is 2.81. The molecule has 0 bridgehead atoms. The molecule has 8 heteroatoms. The van der Waals surface area contributed by atoms with Crippen LogP contribution in [0.15, 0.2) is 24.3 Å². The minimum atomic E-state index is -0.604. The first-order valence-corrected chi connectivity index (χ1v) is 12.0. The summed E-state index contributed by atoms with van der Waals surface area (Å²) in [7, 11) is 0. The van der Waals surface area contributed by atoms with Crippen molar-refractivity contribution in [1.82, 2.24) is 19.8 Å².